The molecule has 19 heavy (non-hydrogen) atoms. The average Bonchev–Trinajstić information content (AvgIpc) is 2.38. The van der Waals surface area contributed by atoms with E-state index in [-0.39, 0.29) is 12.1 Å². The number of aromatic nitrogens is 1. The van der Waals surface area contributed by atoms with E-state index in [9.17, 15) is 13.2 Å². The van der Waals surface area contributed by atoms with E-state index < -0.39 is 11.7 Å². The molecule has 0 radical (unpaired) electrons. The minimum atomic E-state index is -4.36. The maximum atomic E-state index is 12.6. The summed E-state index contributed by atoms with van der Waals surface area (Å²) in [6.45, 7) is 3.21. The van der Waals surface area contributed by atoms with Crippen LogP contribution in [0.25, 0.3) is 0 Å². The van der Waals surface area contributed by atoms with Crippen LogP contribution in [0.4, 0.5) is 19.0 Å². The van der Waals surface area contributed by atoms with Gasteiger partial charge in [-0.05, 0) is 19.1 Å². The van der Waals surface area contributed by atoms with Crippen molar-refractivity contribution in [2.24, 2.45) is 5.73 Å². The lowest BCUT2D eigenvalue weighted by Gasteiger charge is -2.35. The molecule has 1 saturated heterocycles. The first-order valence-corrected chi connectivity index (χ1v) is 6.03. The van der Waals surface area contributed by atoms with Crippen molar-refractivity contribution >= 4 is 5.82 Å². The first kappa shape index (κ1) is 14.1. The molecular weight excluding hydrogens is 259 g/mol. The van der Waals surface area contributed by atoms with Crippen LogP contribution < -0.4 is 10.6 Å². The molecule has 106 valence electrons. The molecule has 0 bridgehead atoms. The highest BCUT2D eigenvalue weighted by atomic mass is 19.4. The van der Waals surface area contributed by atoms with Gasteiger partial charge in [0.2, 0.25) is 0 Å². The summed E-state index contributed by atoms with van der Waals surface area (Å²) in [6.07, 6.45) is -3.37. The van der Waals surface area contributed by atoms with E-state index >= 15 is 0 Å². The summed E-state index contributed by atoms with van der Waals surface area (Å²) < 4.78 is 43.4. The summed E-state index contributed by atoms with van der Waals surface area (Å²) in [5, 5.41) is 0. The molecule has 1 aromatic rings. The largest absolute Gasteiger partial charge is 0.416 e. The summed E-state index contributed by atoms with van der Waals surface area (Å²) >= 11 is 0. The summed E-state index contributed by atoms with van der Waals surface area (Å²) in [6, 6.07) is 1.85. The van der Waals surface area contributed by atoms with Crippen molar-refractivity contribution in [1.29, 1.82) is 0 Å². The van der Waals surface area contributed by atoms with E-state index in [2.05, 4.69) is 4.98 Å². The fraction of sp³-hybridized carbons (Fsp3) is 0.583. The molecule has 1 aliphatic rings. The number of ether oxygens (including phenoxy) is 1. The Hall–Kier alpha value is -1.34. The Bertz CT molecular complexity index is 436. The minimum Gasteiger partial charge on any atom is -0.373 e. The maximum Gasteiger partial charge on any atom is 0.416 e. The quantitative estimate of drug-likeness (QED) is 0.891. The monoisotopic (exact) mass is 275 g/mol. The van der Waals surface area contributed by atoms with Gasteiger partial charge >= 0.3 is 6.18 Å². The van der Waals surface area contributed by atoms with Crippen LogP contribution >= 0.6 is 0 Å². The minimum absolute atomic E-state index is 0.173. The molecule has 0 spiro atoms. The first-order valence-electron chi connectivity index (χ1n) is 6.03. The van der Waals surface area contributed by atoms with Gasteiger partial charge in [-0.25, -0.2) is 4.98 Å². The number of alkyl halides is 3. The van der Waals surface area contributed by atoms with Gasteiger partial charge in [0, 0.05) is 25.3 Å². The lowest BCUT2D eigenvalue weighted by molar-refractivity contribution is -0.137. The number of hydrogen-bond donors (Lipinski definition) is 1. The third kappa shape index (κ3) is 3.36. The van der Waals surface area contributed by atoms with Gasteiger partial charge in [-0.1, -0.05) is 0 Å². The zero-order valence-corrected chi connectivity index (χ0v) is 10.5. The first-order chi connectivity index (χ1) is 8.88. The molecule has 2 N–H and O–H groups in total. The molecule has 2 unspecified atom stereocenters. The Morgan fingerprint density at radius 3 is 2.89 bits per heavy atom. The second-order valence-electron chi connectivity index (χ2n) is 4.61. The molecule has 2 atom stereocenters. The van der Waals surface area contributed by atoms with Crippen LogP contribution in [0.2, 0.25) is 0 Å². The number of pyridine rings is 1. The fourth-order valence-corrected chi connectivity index (χ4v) is 1.97. The zero-order valence-electron chi connectivity index (χ0n) is 10.5. The number of rotatable bonds is 2. The standard InChI is InChI=1S/C12H16F3N3O/c1-8(16)10-7-18(4-5-19-10)11-6-9(2-3-17-11)12(13,14)15/h2-3,6,8,10H,4-5,7,16H2,1H3. The van der Waals surface area contributed by atoms with E-state index in [1.54, 1.807) is 4.90 Å². The van der Waals surface area contributed by atoms with Crippen molar-refractivity contribution in [3.8, 4) is 0 Å². The maximum absolute atomic E-state index is 12.6. The van der Waals surface area contributed by atoms with Gasteiger partial charge in [-0.3, -0.25) is 0 Å². The molecule has 0 aromatic carbocycles. The second kappa shape index (κ2) is 5.34. The van der Waals surface area contributed by atoms with Crippen molar-refractivity contribution in [2.45, 2.75) is 25.2 Å². The zero-order chi connectivity index (χ0) is 14.0. The Kier molecular flexibility index (Phi) is 3.96. The smallest absolute Gasteiger partial charge is 0.373 e. The van der Waals surface area contributed by atoms with Crippen molar-refractivity contribution in [2.75, 3.05) is 24.6 Å². The third-order valence-corrected chi connectivity index (χ3v) is 3.08. The number of halogens is 3. The number of nitrogens with zero attached hydrogens (tertiary/aromatic N) is 2. The van der Waals surface area contributed by atoms with Gasteiger partial charge in [-0.2, -0.15) is 13.2 Å². The predicted molar refractivity (Wildman–Crippen MR) is 64.8 cm³/mol. The van der Waals surface area contributed by atoms with E-state index in [0.717, 1.165) is 12.1 Å². The molecular formula is C12H16F3N3O. The van der Waals surface area contributed by atoms with Gasteiger partial charge in [0.25, 0.3) is 0 Å². The summed E-state index contributed by atoms with van der Waals surface area (Å²) in [7, 11) is 0. The van der Waals surface area contributed by atoms with Gasteiger partial charge in [0.05, 0.1) is 18.3 Å². The van der Waals surface area contributed by atoms with Crippen LogP contribution in [0.15, 0.2) is 18.3 Å². The van der Waals surface area contributed by atoms with E-state index in [1.807, 2.05) is 6.92 Å². The molecule has 1 fully saturated rings. The van der Waals surface area contributed by atoms with Crippen molar-refractivity contribution in [3.63, 3.8) is 0 Å². The molecule has 0 saturated carbocycles. The van der Waals surface area contributed by atoms with Crippen molar-refractivity contribution in [3.05, 3.63) is 23.9 Å². The Morgan fingerprint density at radius 2 is 2.26 bits per heavy atom. The second-order valence-corrected chi connectivity index (χ2v) is 4.61. The molecule has 4 nitrogen and oxygen atoms in total. The lowest BCUT2D eigenvalue weighted by atomic mass is 10.1. The van der Waals surface area contributed by atoms with Crippen molar-refractivity contribution in [1.82, 2.24) is 4.98 Å². The van der Waals surface area contributed by atoms with Gasteiger partial charge < -0.3 is 15.4 Å². The molecule has 7 heteroatoms. The normalized spacial score (nSPS) is 22.4. The Balaban J connectivity index is 2.17. The molecule has 0 amide bonds. The van der Waals surface area contributed by atoms with Crippen LogP contribution in [-0.4, -0.2) is 36.8 Å². The highest BCUT2D eigenvalue weighted by Gasteiger charge is 2.32. The van der Waals surface area contributed by atoms with E-state index in [4.69, 9.17) is 10.5 Å². The average molecular weight is 275 g/mol. The molecule has 2 heterocycles. The summed E-state index contributed by atoms with van der Waals surface area (Å²) in [4.78, 5) is 5.77. The van der Waals surface area contributed by atoms with E-state index in [1.165, 1.54) is 6.20 Å². The predicted octanol–water partition coefficient (Wildman–Crippen LogP) is 1.65. The fourth-order valence-electron chi connectivity index (χ4n) is 1.97. The van der Waals surface area contributed by atoms with Crippen LogP contribution in [0, 0.1) is 0 Å². The molecule has 1 aromatic heterocycles. The highest BCUT2D eigenvalue weighted by Crippen LogP contribution is 2.31. The van der Waals surface area contributed by atoms with Gasteiger partial charge in [0.1, 0.15) is 5.82 Å². The summed E-state index contributed by atoms with van der Waals surface area (Å²) in [5.41, 5.74) is 5.06. The molecule has 2 rings (SSSR count). The van der Waals surface area contributed by atoms with Crippen LogP contribution in [-0.2, 0) is 10.9 Å². The third-order valence-electron chi connectivity index (χ3n) is 3.08. The number of morpholine rings is 1. The van der Waals surface area contributed by atoms with Crippen LogP contribution in [0.3, 0.4) is 0 Å². The SMILES string of the molecule is CC(N)C1CN(c2cc(C(F)(F)F)ccn2)CCO1. The highest BCUT2D eigenvalue weighted by molar-refractivity contribution is 5.42. The Morgan fingerprint density at radius 1 is 1.53 bits per heavy atom. The van der Waals surface area contributed by atoms with Gasteiger partial charge in [-0.15, -0.1) is 0 Å². The molecule has 1 aliphatic heterocycles. The Labute approximate surface area is 109 Å². The summed E-state index contributed by atoms with van der Waals surface area (Å²) in [5.74, 6) is 0.309. The van der Waals surface area contributed by atoms with Crippen LogP contribution in [0.5, 0.6) is 0 Å². The van der Waals surface area contributed by atoms with Crippen LogP contribution in [0.1, 0.15) is 12.5 Å². The van der Waals surface area contributed by atoms with Gasteiger partial charge in [0.15, 0.2) is 0 Å². The van der Waals surface area contributed by atoms with Crippen molar-refractivity contribution < 1.29 is 17.9 Å². The van der Waals surface area contributed by atoms with E-state index in [0.29, 0.717) is 25.5 Å². The number of nitrogens with two attached hydrogens (primary N) is 1. The number of hydrogen-bond acceptors (Lipinski definition) is 4. The molecule has 0 aliphatic carbocycles. The topological polar surface area (TPSA) is 51.4 Å². The lowest BCUT2D eigenvalue weighted by Crippen LogP contribution is -2.49. The number of anilines is 1.